The lowest BCUT2D eigenvalue weighted by molar-refractivity contribution is -0.133. The van der Waals surface area contributed by atoms with E-state index in [0.717, 1.165) is 43.8 Å². The number of nitrogens with two attached hydrogens (primary N) is 1. The lowest BCUT2D eigenvalue weighted by Gasteiger charge is -2.32. The maximum Gasteiger partial charge on any atom is 0.226 e. The molecule has 0 aliphatic carbocycles. The number of carbonyl (C=O) groups excluding carboxylic acids is 1. The van der Waals surface area contributed by atoms with Crippen LogP contribution >= 0.6 is 0 Å². The predicted molar refractivity (Wildman–Crippen MR) is 96.0 cm³/mol. The van der Waals surface area contributed by atoms with E-state index in [2.05, 4.69) is 9.97 Å². The van der Waals surface area contributed by atoms with Crippen molar-refractivity contribution >= 4 is 11.7 Å². The molecule has 1 aromatic carbocycles. The zero-order chi connectivity index (χ0) is 17.5. The van der Waals surface area contributed by atoms with Gasteiger partial charge in [0.25, 0.3) is 0 Å². The van der Waals surface area contributed by atoms with Crippen LogP contribution < -0.4 is 10.5 Å². The van der Waals surface area contributed by atoms with E-state index in [-0.39, 0.29) is 5.91 Å². The van der Waals surface area contributed by atoms with Crippen molar-refractivity contribution in [3.63, 3.8) is 0 Å². The number of nitrogen functional groups attached to an aromatic ring is 1. The Kier molecular flexibility index (Phi) is 5.82. The number of carbonyl (C=O) groups is 1. The highest BCUT2D eigenvalue weighted by molar-refractivity contribution is 5.76. The van der Waals surface area contributed by atoms with E-state index in [4.69, 9.17) is 10.5 Å². The van der Waals surface area contributed by atoms with Crippen molar-refractivity contribution in [2.75, 3.05) is 25.4 Å². The molecule has 2 heterocycles. The largest absolute Gasteiger partial charge is 0.493 e. The number of benzene rings is 1. The molecule has 0 spiro atoms. The molecular formula is C19H24N4O2. The molecule has 132 valence electrons. The van der Waals surface area contributed by atoms with Gasteiger partial charge in [-0.05, 0) is 37.3 Å². The zero-order valence-electron chi connectivity index (χ0n) is 14.3. The molecule has 0 radical (unpaired) electrons. The molecule has 25 heavy (non-hydrogen) atoms. The zero-order valence-corrected chi connectivity index (χ0v) is 14.3. The van der Waals surface area contributed by atoms with Crippen LogP contribution in [0, 0.1) is 5.92 Å². The molecule has 2 aromatic rings. The molecule has 6 nitrogen and oxygen atoms in total. The second-order valence-electron chi connectivity index (χ2n) is 6.35. The van der Waals surface area contributed by atoms with E-state index in [1.165, 1.54) is 0 Å². The van der Waals surface area contributed by atoms with Crippen LogP contribution in [0.15, 0.2) is 42.7 Å². The van der Waals surface area contributed by atoms with Crippen molar-refractivity contribution in [1.82, 2.24) is 14.9 Å². The number of hydrogen-bond acceptors (Lipinski definition) is 5. The SMILES string of the molecule is Nc1nccnc1CC1CCCN(C(=O)CCOc2ccccc2)C1. The molecule has 0 bridgehead atoms. The smallest absolute Gasteiger partial charge is 0.226 e. The molecule has 1 fully saturated rings. The molecule has 1 amide bonds. The van der Waals surface area contributed by atoms with E-state index < -0.39 is 0 Å². The maximum atomic E-state index is 12.4. The normalized spacial score (nSPS) is 17.3. The van der Waals surface area contributed by atoms with Gasteiger partial charge in [0.2, 0.25) is 5.91 Å². The molecule has 0 saturated carbocycles. The molecule has 1 unspecified atom stereocenters. The van der Waals surface area contributed by atoms with Crippen molar-refractivity contribution in [2.45, 2.75) is 25.7 Å². The fraction of sp³-hybridized carbons (Fsp3) is 0.421. The van der Waals surface area contributed by atoms with Gasteiger partial charge in [0.15, 0.2) is 0 Å². The Morgan fingerprint density at radius 3 is 2.84 bits per heavy atom. The van der Waals surface area contributed by atoms with E-state index in [1.54, 1.807) is 12.4 Å². The van der Waals surface area contributed by atoms with Gasteiger partial charge in [0.1, 0.15) is 11.6 Å². The van der Waals surface area contributed by atoms with Crippen LogP contribution in [0.4, 0.5) is 5.82 Å². The summed E-state index contributed by atoms with van der Waals surface area (Å²) in [6, 6.07) is 9.57. The first-order valence-electron chi connectivity index (χ1n) is 8.73. The van der Waals surface area contributed by atoms with Gasteiger partial charge in [0.05, 0.1) is 18.7 Å². The Bertz CT molecular complexity index is 693. The van der Waals surface area contributed by atoms with Crippen molar-refractivity contribution in [1.29, 1.82) is 0 Å². The van der Waals surface area contributed by atoms with Crippen LogP contribution in [-0.4, -0.2) is 40.5 Å². The Morgan fingerprint density at radius 2 is 2.04 bits per heavy atom. The number of anilines is 1. The molecule has 1 aliphatic rings. The quantitative estimate of drug-likeness (QED) is 0.873. The number of nitrogens with zero attached hydrogens (tertiary/aromatic N) is 3. The van der Waals surface area contributed by atoms with Crippen LogP contribution in [0.2, 0.25) is 0 Å². The van der Waals surface area contributed by atoms with E-state index in [1.807, 2.05) is 35.2 Å². The summed E-state index contributed by atoms with van der Waals surface area (Å²) >= 11 is 0. The number of para-hydroxylation sites is 1. The van der Waals surface area contributed by atoms with Gasteiger partial charge in [-0.25, -0.2) is 4.98 Å². The summed E-state index contributed by atoms with van der Waals surface area (Å²) in [5.41, 5.74) is 6.71. The first kappa shape index (κ1) is 17.2. The fourth-order valence-electron chi connectivity index (χ4n) is 3.20. The average molecular weight is 340 g/mol. The van der Waals surface area contributed by atoms with Crippen molar-refractivity contribution < 1.29 is 9.53 Å². The van der Waals surface area contributed by atoms with Gasteiger partial charge in [-0.15, -0.1) is 0 Å². The van der Waals surface area contributed by atoms with Crippen molar-refractivity contribution in [2.24, 2.45) is 5.92 Å². The Labute approximate surface area is 148 Å². The molecule has 3 rings (SSSR count). The van der Waals surface area contributed by atoms with Crippen molar-refractivity contribution in [3.8, 4) is 5.75 Å². The first-order valence-corrected chi connectivity index (χ1v) is 8.73. The molecule has 6 heteroatoms. The minimum atomic E-state index is 0.146. The Morgan fingerprint density at radius 1 is 1.24 bits per heavy atom. The van der Waals surface area contributed by atoms with Gasteiger partial charge in [-0.1, -0.05) is 18.2 Å². The lowest BCUT2D eigenvalue weighted by atomic mass is 9.93. The second-order valence-corrected chi connectivity index (χ2v) is 6.35. The molecule has 1 aromatic heterocycles. The molecule has 1 aliphatic heterocycles. The summed E-state index contributed by atoms with van der Waals surface area (Å²) in [6.07, 6.45) is 6.52. The minimum Gasteiger partial charge on any atom is -0.493 e. The summed E-state index contributed by atoms with van der Waals surface area (Å²) in [4.78, 5) is 22.8. The van der Waals surface area contributed by atoms with Gasteiger partial charge >= 0.3 is 0 Å². The number of piperidine rings is 1. The molecule has 2 N–H and O–H groups in total. The minimum absolute atomic E-state index is 0.146. The summed E-state index contributed by atoms with van der Waals surface area (Å²) in [5, 5.41) is 0. The topological polar surface area (TPSA) is 81.3 Å². The number of hydrogen-bond donors (Lipinski definition) is 1. The standard InChI is InChI=1S/C19H24N4O2/c20-19-17(21-9-10-22-19)13-15-5-4-11-23(14-15)18(24)8-12-25-16-6-2-1-3-7-16/h1-3,6-7,9-10,15H,4-5,8,11-14H2,(H2,20,22). The first-order chi connectivity index (χ1) is 12.2. The molecular weight excluding hydrogens is 316 g/mol. The third-order valence-electron chi connectivity index (χ3n) is 4.49. The fourth-order valence-corrected chi connectivity index (χ4v) is 3.20. The number of aromatic nitrogens is 2. The number of amides is 1. The number of likely N-dealkylation sites (tertiary alicyclic amines) is 1. The third kappa shape index (κ3) is 4.92. The van der Waals surface area contributed by atoms with Crippen LogP contribution in [0.25, 0.3) is 0 Å². The monoisotopic (exact) mass is 340 g/mol. The average Bonchev–Trinajstić information content (AvgIpc) is 2.65. The van der Waals surface area contributed by atoms with Crippen LogP contribution in [0.1, 0.15) is 25.0 Å². The summed E-state index contributed by atoms with van der Waals surface area (Å²) in [7, 11) is 0. The van der Waals surface area contributed by atoms with Gasteiger partial charge < -0.3 is 15.4 Å². The van der Waals surface area contributed by atoms with Crippen LogP contribution in [0.5, 0.6) is 5.75 Å². The van der Waals surface area contributed by atoms with Crippen molar-refractivity contribution in [3.05, 3.63) is 48.4 Å². The Hall–Kier alpha value is -2.63. The van der Waals surface area contributed by atoms with Crippen LogP contribution in [0.3, 0.4) is 0 Å². The van der Waals surface area contributed by atoms with Crippen LogP contribution in [-0.2, 0) is 11.2 Å². The Balaban J connectivity index is 1.47. The van der Waals surface area contributed by atoms with E-state index in [9.17, 15) is 4.79 Å². The molecule has 1 saturated heterocycles. The lowest BCUT2D eigenvalue weighted by Crippen LogP contribution is -2.41. The van der Waals surface area contributed by atoms with E-state index in [0.29, 0.717) is 24.8 Å². The van der Waals surface area contributed by atoms with Gasteiger partial charge in [-0.2, -0.15) is 0 Å². The maximum absolute atomic E-state index is 12.4. The summed E-state index contributed by atoms with van der Waals surface area (Å²) < 4.78 is 5.62. The van der Waals surface area contributed by atoms with Gasteiger partial charge in [0, 0.05) is 25.5 Å². The van der Waals surface area contributed by atoms with E-state index >= 15 is 0 Å². The number of ether oxygens (including phenoxy) is 1. The predicted octanol–water partition coefficient (Wildman–Crippen LogP) is 2.31. The highest BCUT2D eigenvalue weighted by atomic mass is 16.5. The summed E-state index contributed by atoms with van der Waals surface area (Å²) in [6.45, 7) is 1.97. The third-order valence-corrected chi connectivity index (χ3v) is 4.49. The summed E-state index contributed by atoms with van der Waals surface area (Å²) in [5.74, 6) is 1.81. The molecule has 1 atom stereocenters. The van der Waals surface area contributed by atoms with Gasteiger partial charge in [-0.3, -0.25) is 9.78 Å². The highest BCUT2D eigenvalue weighted by Gasteiger charge is 2.24. The second kappa shape index (κ2) is 8.46. The highest BCUT2D eigenvalue weighted by Crippen LogP contribution is 2.22. The number of rotatable bonds is 6.